The molecule has 0 saturated heterocycles. The summed E-state index contributed by atoms with van der Waals surface area (Å²) in [6.45, 7) is 0.130. The number of nitrogens with two attached hydrogens (primary N) is 5. The van der Waals surface area contributed by atoms with Crippen LogP contribution in [0.2, 0.25) is 0 Å². The third kappa shape index (κ3) is 18.9. The van der Waals surface area contributed by atoms with E-state index < -0.39 is 103 Å². The Balaban J connectivity index is 5.16. The van der Waals surface area contributed by atoms with E-state index in [0.717, 1.165) is 0 Å². The molecule has 0 aliphatic heterocycles. The van der Waals surface area contributed by atoms with Gasteiger partial charge in [0.15, 0.2) is 11.9 Å². The molecule has 0 unspecified atom stereocenters. The molecular formula is C25H43N11O12. The highest BCUT2D eigenvalue weighted by atomic mass is 16.4. The maximum atomic E-state index is 12.7. The lowest BCUT2D eigenvalue weighted by atomic mass is 10.1. The van der Waals surface area contributed by atoms with Gasteiger partial charge in [-0.1, -0.05) is 0 Å². The minimum Gasteiger partial charge on any atom is -0.481 e. The van der Waals surface area contributed by atoms with Gasteiger partial charge in [-0.25, -0.2) is 14.4 Å². The molecule has 0 heterocycles. The van der Waals surface area contributed by atoms with Gasteiger partial charge in [0.05, 0.1) is 18.9 Å². The van der Waals surface area contributed by atoms with Gasteiger partial charge in [0.2, 0.25) is 23.6 Å². The normalized spacial score (nSPS) is 13.6. The summed E-state index contributed by atoms with van der Waals surface area (Å²) in [7, 11) is 0. The number of aliphatic imine (C=N–C) groups is 2. The number of aliphatic carboxylic acids is 4. The molecule has 0 bridgehead atoms. The lowest BCUT2D eigenvalue weighted by Gasteiger charge is -2.22. The summed E-state index contributed by atoms with van der Waals surface area (Å²) in [5.74, 6) is -10.6. The average molecular weight is 690 g/mol. The van der Waals surface area contributed by atoms with Crippen molar-refractivity contribution in [2.45, 2.75) is 81.6 Å². The number of hydrogen-bond acceptors (Lipinski definition) is 11. The second-order valence-corrected chi connectivity index (χ2v) is 10.2. The molecule has 0 aromatic heterocycles. The molecular weight excluding hydrogens is 646 g/mol. The van der Waals surface area contributed by atoms with Crippen LogP contribution in [0.25, 0.3) is 0 Å². The SMILES string of the molecule is NC(N)=NCCC[C@H](NC(=O)C[C@H](NC(=O)CC[C@H](N)C(=O)N[C@@H](CC(=O)O)C(=O)N[C@@H](CCCN=C(N)N)C(=O)O)C(=O)O)C(=O)O. The van der Waals surface area contributed by atoms with Crippen LogP contribution >= 0.6 is 0 Å². The number of guanidine groups is 2. The van der Waals surface area contributed by atoms with E-state index in [1.165, 1.54) is 0 Å². The van der Waals surface area contributed by atoms with Gasteiger partial charge in [-0.3, -0.25) is 34.0 Å². The van der Waals surface area contributed by atoms with Crippen molar-refractivity contribution >= 4 is 59.4 Å². The zero-order valence-corrected chi connectivity index (χ0v) is 25.8. The zero-order chi connectivity index (χ0) is 37.0. The van der Waals surface area contributed by atoms with Gasteiger partial charge < -0.3 is 70.4 Å². The Morgan fingerprint density at radius 3 is 1.42 bits per heavy atom. The summed E-state index contributed by atoms with van der Waals surface area (Å²) < 4.78 is 0. The lowest BCUT2D eigenvalue weighted by Crippen LogP contribution is -2.55. The van der Waals surface area contributed by atoms with Crippen molar-refractivity contribution in [2.75, 3.05) is 13.1 Å². The number of rotatable bonds is 24. The quantitative estimate of drug-likeness (QED) is 0.0255. The third-order valence-corrected chi connectivity index (χ3v) is 6.19. The molecule has 0 radical (unpaired) electrons. The van der Waals surface area contributed by atoms with E-state index in [4.69, 9.17) is 28.7 Å². The Labute approximate surface area is 273 Å². The Morgan fingerprint density at radius 1 is 0.542 bits per heavy atom. The van der Waals surface area contributed by atoms with Crippen molar-refractivity contribution in [2.24, 2.45) is 38.7 Å². The molecule has 23 nitrogen and oxygen atoms in total. The summed E-state index contributed by atoms with van der Waals surface area (Å²) >= 11 is 0. The van der Waals surface area contributed by atoms with Gasteiger partial charge in [0, 0.05) is 19.5 Å². The monoisotopic (exact) mass is 689 g/mol. The highest BCUT2D eigenvalue weighted by Crippen LogP contribution is 2.05. The van der Waals surface area contributed by atoms with Crippen LogP contribution in [0.4, 0.5) is 0 Å². The van der Waals surface area contributed by atoms with Crippen molar-refractivity contribution in [3.05, 3.63) is 0 Å². The molecule has 23 heteroatoms. The Bertz CT molecular complexity index is 1240. The summed E-state index contributed by atoms with van der Waals surface area (Å²) in [5, 5.41) is 45.7. The topological polar surface area (TPSA) is 420 Å². The van der Waals surface area contributed by atoms with Gasteiger partial charge in [0.25, 0.3) is 0 Å². The van der Waals surface area contributed by atoms with Crippen LogP contribution in [-0.4, -0.2) is 123 Å². The standard InChI is InChI=1S/C25H43N11O12/c26-11(19(41)36-14(10-18(39)40)20(42)35-13(22(45)46)4-2-8-32-25(29)30)5-6-16(37)34-15(23(47)48)9-17(38)33-12(21(43)44)3-1-7-31-24(27)28/h11-15H,1-10,26H2,(H,33,38)(H,34,37)(H,35,42)(H,36,41)(H,39,40)(H,43,44)(H,45,46)(H,47,48)(H4,27,28,31)(H4,29,30,32)/t11-,12-,13-,14-,15-/m0/s1. The predicted molar refractivity (Wildman–Crippen MR) is 165 cm³/mol. The van der Waals surface area contributed by atoms with Crippen molar-refractivity contribution in [3.63, 3.8) is 0 Å². The first kappa shape index (κ1) is 42.3. The van der Waals surface area contributed by atoms with E-state index >= 15 is 0 Å². The molecule has 270 valence electrons. The molecule has 4 amide bonds. The maximum Gasteiger partial charge on any atom is 0.326 e. The summed E-state index contributed by atoms with van der Waals surface area (Å²) in [4.78, 5) is 103. The van der Waals surface area contributed by atoms with Crippen LogP contribution in [0.15, 0.2) is 9.98 Å². The van der Waals surface area contributed by atoms with Crippen LogP contribution in [0.1, 0.15) is 51.4 Å². The Hall–Kier alpha value is -5.74. The largest absolute Gasteiger partial charge is 0.481 e. The van der Waals surface area contributed by atoms with Crippen LogP contribution < -0.4 is 49.9 Å². The number of nitrogens with one attached hydrogen (secondary N) is 4. The van der Waals surface area contributed by atoms with E-state index in [1.807, 2.05) is 0 Å². The fourth-order valence-corrected chi connectivity index (χ4v) is 3.78. The van der Waals surface area contributed by atoms with Crippen LogP contribution in [0.3, 0.4) is 0 Å². The molecule has 0 spiro atoms. The summed E-state index contributed by atoms with van der Waals surface area (Å²) in [5.41, 5.74) is 26.5. The molecule has 0 saturated carbocycles. The highest BCUT2D eigenvalue weighted by Gasteiger charge is 2.30. The van der Waals surface area contributed by atoms with E-state index in [9.17, 15) is 58.8 Å². The molecule has 0 rings (SSSR count). The number of amides is 4. The fraction of sp³-hybridized carbons (Fsp3) is 0.600. The van der Waals surface area contributed by atoms with Gasteiger partial charge >= 0.3 is 23.9 Å². The molecule has 48 heavy (non-hydrogen) atoms. The van der Waals surface area contributed by atoms with Crippen molar-refractivity contribution in [1.82, 2.24) is 21.3 Å². The smallest absolute Gasteiger partial charge is 0.326 e. The van der Waals surface area contributed by atoms with Crippen molar-refractivity contribution in [3.8, 4) is 0 Å². The number of hydrogen-bond donors (Lipinski definition) is 13. The van der Waals surface area contributed by atoms with E-state index in [0.29, 0.717) is 0 Å². The fourth-order valence-electron chi connectivity index (χ4n) is 3.78. The van der Waals surface area contributed by atoms with Crippen molar-refractivity contribution in [1.29, 1.82) is 0 Å². The number of carbonyl (C=O) groups excluding carboxylic acids is 4. The van der Waals surface area contributed by atoms with E-state index in [-0.39, 0.29) is 50.7 Å². The zero-order valence-electron chi connectivity index (χ0n) is 25.8. The maximum absolute atomic E-state index is 12.7. The number of carboxylic acids is 4. The van der Waals surface area contributed by atoms with Gasteiger partial charge in [0.1, 0.15) is 24.2 Å². The summed E-state index contributed by atoms with van der Waals surface area (Å²) in [6, 6.07) is -7.94. The van der Waals surface area contributed by atoms with Crippen LogP contribution in [-0.2, 0) is 38.4 Å². The second-order valence-electron chi connectivity index (χ2n) is 10.2. The minimum atomic E-state index is -1.79. The highest BCUT2D eigenvalue weighted by molar-refractivity contribution is 5.94. The van der Waals surface area contributed by atoms with Gasteiger partial charge in [-0.15, -0.1) is 0 Å². The first-order chi connectivity index (χ1) is 22.3. The second kappa shape index (κ2) is 21.9. The lowest BCUT2D eigenvalue weighted by molar-refractivity contribution is -0.145. The number of carboxylic acid groups (broad SMARTS) is 4. The van der Waals surface area contributed by atoms with Crippen LogP contribution in [0.5, 0.6) is 0 Å². The average Bonchev–Trinajstić information content (AvgIpc) is 2.97. The van der Waals surface area contributed by atoms with Gasteiger partial charge in [-0.05, 0) is 32.1 Å². The molecule has 0 aliphatic rings. The molecule has 5 atom stereocenters. The number of carbonyl (C=O) groups is 8. The van der Waals surface area contributed by atoms with Gasteiger partial charge in [-0.2, -0.15) is 0 Å². The molecule has 0 fully saturated rings. The predicted octanol–water partition coefficient (Wildman–Crippen LogP) is -5.74. The molecule has 0 aromatic rings. The molecule has 0 aromatic carbocycles. The summed E-state index contributed by atoms with van der Waals surface area (Å²) in [6.07, 6.45) is -2.70. The van der Waals surface area contributed by atoms with Crippen LogP contribution in [0, 0.1) is 0 Å². The Morgan fingerprint density at radius 2 is 0.979 bits per heavy atom. The molecule has 18 N–H and O–H groups in total. The Kier molecular flexibility index (Phi) is 19.3. The number of nitrogens with zero attached hydrogens (tertiary/aromatic N) is 2. The first-order valence-electron chi connectivity index (χ1n) is 14.3. The first-order valence-corrected chi connectivity index (χ1v) is 14.3. The minimum absolute atomic E-state index is 0.0497. The van der Waals surface area contributed by atoms with E-state index in [2.05, 4.69) is 31.3 Å². The third-order valence-electron chi connectivity index (χ3n) is 6.19. The van der Waals surface area contributed by atoms with Crippen molar-refractivity contribution < 1.29 is 58.8 Å². The van der Waals surface area contributed by atoms with E-state index in [1.54, 1.807) is 0 Å². The molecule has 0 aliphatic carbocycles.